The van der Waals surface area contributed by atoms with Gasteiger partial charge in [-0.3, -0.25) is 4.79 Å². The molecule has 32 heavy (non-hydrogen) atoms. The number of fused-ring (bicyclic) bond motifs is 1. The predicted octanol–water partition coefficient (Wildman–Crippen LogP) is 5.39. The molecule has 0 aliphatic carbocycles. The van der Waals surface area contributed by atoms with Gasteiger partial charge in [-0.2, -0.15) is 0 Å². The molecule has 4 nitrogen and oxygen atoms in total. The minimum absolute atomic E-state index is 0.0339. The number of benzene rings is 3. The quantitative estimate of drug-likeness (QED) is 0.404. The topological polar surface area (TPSA) is 38.8 Å². The Bertz CT molecular complexity index is 1070. The largest absolute Gasteiger partial charge is 0.485 e. The van der Waals surface area contributed by atoms with Gasteiger partial charge in [0.05, 0.1) is 5.92 Å². The summed E-state index contributed by atoms with van der Waals surface area (Å²) in [6.45, 7) is 2.15. The lowest BCUT2D eigenvalue weighted by molar-refractivity contribution is -0.137. The van der Waals surface area contributed by atoms with Crippen molar-refractivity contribution in [3.8, 4) is 11.5 Å². The maximum atomic E-state index is 12.7. The van der Waals surface area contributed by atoms with Crippen LogP contribution in [-0.4, -0.2) is 31.0 Å². The van der Waals surface area contributed by atoms with Gasteiger partial charge in [-0.25, -0.2) is 0 Å². The van der Waals surface area contributed by atoms with Crippen LogP contribution in [-0.2, 0) is 11.2 Å². The summed E-state index contributed by atoms with van der Waals surface area (Å²) in [4.78, 5) is 15.1. The van der Waals surface area contributed by atoms with Crippen molar-refractivity contribution in [3.63, 3.8) is 0 Å². The van der Waals surface area contributed by atoms with Crippen LogP contribution in [0, 0.1) is 5.92 Å². The van der Waals surface area contributed by atoms with Crippen LogP contribution in [0.25, 0.3) is 0 Å². The molecule has 1 fully saturated rings. The van der Waals surface area contributed by atoms with Crippen LogP contribution in [0.3, 0.4) is 0 Å². The van der Waals surface area contributed by atoms with E-state index >= 15 is 0 Å². The Morgan fingerprint density at radius 2 is 1.75 bits per heavy atom. The molecule has 0 radical (unpaired) electrons. The highest BCUT2D eigenvalue weighted by Crippen LogP contribution is 2.39. The average Bonchev–Trinajstić information content (AvgIpc) is 2.83. The number of hydrogen-bond donors (Lipinski definition) is 0. The van der Waals surface area contributed by atoms with Gasteiger partial charge in [0.15, 0.2) is 0 Å². The molecule has 0 bridgehead atoms. The third kappa shape index (κ3) is 4.42. The Morgan fingerprint density at radius 3 is 2.50 bits per heavy atom. The first kappa shape index (κ1) is 20.8. The van der Waals surface area contributed by atoms with Crippen LogP contribution in [0.5, 0.6) is 11.5 Å². The first-order chi connectivity index (χ1) is 15.7. The van der Waals surface area contributed by atoms with E-state index in [1.165, 1.54) is 12.0 Å². The van der Waals surface area contributed by atoms with Crippen LogP contribution in [0.1, 0.15) is 41.6 Å². The summed E-state index contributed by atoms with van der Waals surface area (Å²) >= 11 is 0. The molecule has 5 rings (SSSR count). The molecule has 0 amide bonds. The van der Waals surface area contributed by atoms with Crippen molar-refractivity contribution in [2.24, 2.45) is 5.92 Å². The Kier molecular flexibility index (Phi) is 5.95. The van der Waals surface area contributed by atoms with Gasteiger partial charge in [0.2, 0.25) is 0 Å². The molecule has 4 heteroatoms. The maximum Gasteiger partial charge on any atom is 0.319 e. The maximum absolute atomic E-state index is 12.7. The van der Waals surface area contributed by atoms with E-state index in [9.17, 15) is 4.79 Å². The standard InChI is InChI=1S/C28H29NO3/c1-29-16-8-13-23(19-29)27(21-11-6-3-7-12-21)31-24-15-14-22-17-25(20-9-4-2-5-10-20)28(30)32-26(22)18-24/h2-7,9-12,14-15,18,23,25,27H,8,13,16-17,19H2,1H3. The first-order valence-corrected chi connectivity index (χ1v) is 11.5. The zero-order valence-electron chi connectivity index (χ0n) is 18.4. The van der Waals surface area contributed by atoms with Crippen LogP contribution in [0.4, 0.5) is 0 Å². The Morgan fingerprint density at radius 1 is 1.00 bits per heavy atom. The summed E-state index contributed by atoms with van der Waals surface area (Å²) < 4.78 is 12.3. The summed E-state index contributed by atoms with van der Waals surface area (Å²) in [6.07, 6.45) is 2.93. The third-order valence-corrected chi connectivity index (χ3v) is 6.64. The van der Waals surface area contributed by atoms with E-state index in [2.05, 4.69) is 36.2 Å². The van der Waals surface area contributed by atoms with Crippen LogP contribution < -0.4 is 9.47 Å². The summed E-state index contributed by atoms with van der Waals surface area (Å²) in [5.41, 5.74) is 3.22. The second-order valence-corrected chi connectivity index (χ2v) is 8.97. The average molecular weight is 428 g/mol. The van der Waals surface area contributed by atoms with Crippen molar-refractivity contribution < 1.29 is 14.3 Å². The van der Waals surface area contributed by atoms with E-state index in [0.717, 1.165) is 36.4 Å². The van der Waals surface area contributed by atoms with Crippen molar-refractivity contribution in [1.82, 2.24) is 4.90 Å². The van der Waals surface area contributed by atoms with Crippen molar-refractivity contribution in [3.05, 3.63) is 95.6 Å². The molecule has 0 aromatic heterocycles. The minimum atomic E-state index is -0.259. The van der Waals surface area contributed by atoms with E-state index in [1.807, 2.05) is 54.6 Å². The van der Waals surface area contributed by atoms with Gasteiger partial charge in [-0.05, 0) is 55.6 Å². The van der Waals surface area contributed by atoms with E-state index < -0.39 is 0 Å². The summed E-state index contributed by atoms with van der Waals surface area (Å²) in [6, 6.07) is 26.2. The minimum Gasteiger partial charge on any atom is -0.485 e. The zero-order chi connectivity index (χ0) is 21.9. The van der Waals surface area contributed by atoms with Crippen LogP contribution >= 0.6 is 0 Å². The fourth-order valence-electron chi connectivity index (χ4n) is 4.97. The van der Waals surface area contributed by atoms with Gasteiger partial charge in [0.1, 0.15) is 17.6 Å². The smallest absolute Gasteiger partial charge is 0.319 e. The number of carbonyl (C=O) groups excluding carboxylic acids is 1. The second-order valence-electron chi connectivity index (χ2n) is 8.97. The van der Waals surface area contributed by atoms with Gasteiger partial charge in [-0.1, -0.05) is 66.7 Å². The number of hydrogen-bond acceptors (Lipinski definition) is 4. The highest BCUT2D eigenvalue weighted by Gasteiger charge is 2.32. The van der Waals surface area contributed by atoms with Gasteiger partial charge >= 0.3 is 5.97 Å². The van der Waals surface area contributed by atoms with Crippen LogP contribution in [0.2, 0.25) is 0 Å². The highest BCUT2D eigenvalue weighted by atomic mass is 16.5. The molecule has 3 atom stereocenters. The molecule has 3 aromatic rings. The summed E-state index contributed by atoms with van der Waals surface area (Å²) in [7, 11) is 2.18. The Balaban J connectivity index is 1.39. The molecule has 2 aliphatic rings. The number of nitrogens with zero attached hydrogens (tertiary/aromatic N) is 1. The van der Waals surface area contributed by atoms with Crippen molar-refractivity contribution in [1.29, 1.82) is 0 Å². The Hall–Kier alpha value is -3.11. The fraction of sp³-hybridized carbons (Fsp3) is 0.321. The fourth-order valence-corrected chi connectivity index (χ4v) is 4.97. The lowest BCUT2D eigenvalue weighted by atomic mass is 9.88. The normalized spacial score (nSPS) is 22.0. The van der Waals surface area contributed by atoms with Crippen molar-refractivity contribution >= 4 is 5.97 Å². The second kappa shape index (κ2) is 9.17. The van der Waals surface area contributed by atoms with E-state index in [-0.39, 0.29) is 18.0 Å². The third-order valence-electron chi connectivity index (χ3n) is 6.64. The molecule has 3 aromatic carbocycles. The number of rotatable bonds is 5. The van der Waals surface area contributed by atoms with Crippen LogP contribution in [0.15, 0.2) is 78.9 Å². The molecule has 2 aliphatic heterocycles. The summed E-state index contributed by atoms with van der Waals surface area (Å²) in [5.74, 6) is 1.32. The number of esters is 1. The molecule has 0 saturated carbocycles. The first-order valence-electron chi connectivity index (χ1n) is 11.5. The number of carbonyl (C=O) groups is 1. The molecule has 2 heterocycles. The molecular weight excluding hydrogens is 398 g/mol. The van der Waals surface area contributed by atoms with Crippen molar-refractivity contribution in [2.75, 3.05) is 20.1 Å². The Labute approximate surface area is 189 Å². The molecule has 0 N–H and O–H groups in total. The van der Waals surface area contributed by atoms with Gasteiger partial charge in [0.25, 0.3) is 0 Å². The number of likely N-dealkylation sites (tertiary alicyclic amines) is 1. The molecule has 0 spiro atoms. The van der Waals surface area contributed by atoms with E-state index in [4.69, 9.17) is 9.47 Å². The SMILES string of the molecule is CN1CCCC(C(Oc2ccc3c(c2)OC(=O)C(c2ccccc2)C3)c2ccccc2)C1. The number of piperidine rings is 1. The zero-order valence-corrected chi connectivity index (χ0v) is 18.4. The van der Waals surface area contributed by atoms with Crippen molar-refractivity contribution in [2.45, 2.75) is 31.3 Å². The lowest BCUT2D eigenvalue weighted by Crippen LogP contribution is -2.36. The monoisotopic (exact) mass is 427 g/mol. The van der Waals surface area contributed by atoms with Gasteiger partial charge in [-0.15, -0.1) is 0 Å². The van der Waals surface area contributed by atoms with E-state index in [0.29, 0.717) is 18.1 Å². The summed E-state index contributed by atoms with van der Waals surface area (Å²) in [5, 5.41) is 0. The van der Waals surface area contributed by atoms with Gasteiger partial charge < -0.3 is 14.4 Å². The molecule has 1 saturated heterocycles. The molecule has 3 unspecified atom stereocenters. The highest BCUT2D eigenvalue weighted by molar-refractivity contribution is 5.83. The van der Waals surface area contributed by atoms with Gasteiger partial charge in [0, 0.05) is 18.5 Å². The lowest BCUT2D eigenvalue weighted by Gasteiger charge is -2.35. The molecule has 164 valence electrons. The van der Waals surface area contributed by atoms with E-state index in [1.54, 1.807) is 0 Å². The molecular formula is C28H29NO3. The number of ether oxygens (including phenoxy) is 2. The predicted molar refractivity (Wildman–Crippen MR) is 125 cm³/mol.